The number of halogens is 10. The number of rotatable bonds is 7. The summed E-state index contributed by atoms with van der Waals surface area (Å²) in [5, 5.41) is 4.10. The maximum atomic E-state index is 13.7. The van der Waals surface area contributed by atoms with E-state index in [-0.39, 0.29) is 34.6 Å². The number of nitrogens with zero attached hydrogens (tertiary/aromatic N) is 6. The molecule has 4 aromatic rings. The van der Waals surface area contributed by atoms with Crippen LogP contribution in [-0.2, 0) is 32.1 Å². The van der Waals surface area contributed by atoms with Crippen LogP contribution in [0.1, 0.15) is 42.0 Å². The SMILES string of the molecule is CCC1CC(N(Cc2cc(C(F)(F)F)cc(C(F)(F)F)c2)c2ncc(-c3cnn(C)c3)cn2)CN1c1ccc(C(F)(F)F)cc1Br. The van der Waals surface area contributed by atoms with Gasteiger partial charge in [0.25, 0.3) is 0 Å². The highest BCUT2D eigenvalue weighted by Crippen LogP contribution is 2.41. The molecule has 1 saturated heterocycles. The van der Waals surface area contributed by atoms with Gasteiger partial charge in [-0.25, -0.2) is 9.97 Å². The summed E-state index contributed by atoms with van der Waals surface area (Å²) in [5.74, 6) is 0.0619. The second kappa shape index (κ2) is 12.4. The number of hydrogen-bond acceptors (Lipinski definition) is 5. The van der Waals surface area contributed by atoms with Gasteiger partial charge in [-0.15, -0.1) is 0 Å². The summed E-state index contributed by atoms with van der Waals surface area (Å²) in [6.07, 6.45) is -7.42. The van der Waals surface area contributed by atoms with Gasteiger partial charge in [0.05, 0.1) is 34.6 Å². The van der Waals surface area contributed by atoms with Crippen LogP contribution in [-0.4, -0.2) is 38.4 Å². The zero-order chi connectivity index (χ0) is 33.6. The Morgan fingerprint density at radius 2 is 1.43 bits per heavy atom. The van der Waals surface area contributed by atoms with Crippen LogP contribution in [0.4, 0.5) is 51.1 Å². The monoisotopic (exact) mass is 720 g/mol. The number of aryl methyl sites for hydroxylation is 1. The molecule has 6 nitrogen and oxygen atoms in total. The second-order valence-electron chi connectivity index (χ2n) is 11.0. The van der Waals surface area contributed by atoms with E-state index in [0.29, 0.717) is 41.8 Å². The van der Waals surface area contributed by atoms with Gasteiger partial charge in [0.1, 0.15) is 0 Å². The Kier molecular flexibility index (Phi) is 9.05. The van der Waals surface area contributed by atoms with Gasteiger partial charge in [0.15, 0.2) is 0 Å². The smallest absolute Gasteiger partial charge is 0.366 e. The minimum atomic E-state index is -5.03. The minimum Gasteiger partial charge on any atom is -0.366 e. The molecule has 1 aliphatic rings. The normalized spacial score (nSPS) is 17.5. The van der Waals surface area contributed by atoms with Gasteiger partial charge in [-0.2, -0.15) is 44.6 Å². The van der Waals surface area contributed by atoms with Crippen LogP contribution in [0.25, 0.3) is 11.1 Å². The topological polar surface area (TPSA) is 50.1 Å². The van der Waals surface area contributed by atoms with E-state index in [1.165, 1.54) is 18.5 Å². The van der Waals surface area contributed by atoms with Gasteiger partial charge in [-0.1, -0.05) is 6.92 Å². The van der Waals surface area contributed by atoms with Crippen LogP contribution in [0.3, 0.4) is 0 Å². The molecule has 0 bridgehead atoms. The predicted molar refractivity (Wildman–Crippen MR) is 156 cm³/mol. The Bertz CT molecular complexity index is 1650. The molecule has 3 heterocycles. The molecule has 0 spiro atoms. The van der Waals surface area contributed by atoms with Crippen LogP contribution < -0.4 is 9.80 Å². The fourth-order valence-corrected chi connectivity index (χ4v) is 6.18. The van der Waals surface area contributed by atoms with Gasteiger partial charge in [-0.3, -0.25) is 4.68 Å². The molecular weight excluding hydrogens is 695 g/mol. The first-order valence-corrected chi connectivity index (χ1v) is 14.7. The fraction of sp³-hybridized carbons (Fsp3) is 0.367. The van der Waals surface area contributed by atoms with Gasteiger partial charge in [-0.05, 0) is 70.7 Å². The average Bonchev–Trinajstić information content (AvgIpc) is 3.61. The number of hydrogen-bond donors (Lipinski definition) is 0. The van der Waals surface area contributed by atoms with Crippen molar-refractivity contribution in [2.45, 2.75) is 56.9 Å². The third-order valence-electron chi connectivity index (χ3n) is 7.82. The highest BCUT2D eigenvalue weighted by Gasteiger charge is 2.40. The van der Waals surface area contributed by atoms with Gasteiger partial charge in [0.2, 0.25) is 5.95 Å². The van der Waals surface area contributed by atoms with Crippen molar-refractivity contribution >= 4 is 27.6 Å². The van der Waals surface area contributed by atoms with E-state index >= 15 is 0 Å². The summed E-state index contributed by atoms with van der Waals surface area (Å²) in [5.41, 5.74) is -2.25. The molecule has 0 radical (unpaired) electrons. The van der Waals surface area contributed by atoms with Crippen molar-refractivity contribution in [2.24, 2.45) is 7.05 Å². The molecule has 2 aromatic carbocycles. The van der Waals surface area contributed by atoms with Crippen molar-refractivity contribution in [3.8, 4) is 11.1 Å². The van der Waals surface area contributed by atoms with Crippen LogP contribution in [0.2, 0.25) is 0 Å². The van der Waals surface area contributed by atoms with Crippen LogP contribution in [0.5, 0.6) is 0 Å². The Morgan fingerprint density at radius 3 is 1.93 bits per heavy atom. The maximum Gasteiger partial charge on any atom is 0.416 e. The van der Waals surface area contributed by atoms with Gasteiger partial charge in [0, 0.05) is 60.4 Å². The van der Waals surface area contributed by atoms with Crippen molar-refractivity contribution in [2.75, 3.05) is 16.3 Å². The van der Waals surface area contributed by atoms with Gasteiger partial charge < -0.3 is 9.80 Å². The van der Waals surface area contributed by atoms with Crippen molar-refractivity contribution in [3.05, 3.63) is 87.9 Å². The molecule has 5 rings (SSSR count). The molecule has 2 atom stereocenters. The zero-order valence-corrected chi connectivity index (χ0v) is 25.8. The molecule has 0 amide bonds. The molecule has 0 saturated carbocycles. The van der Waals surface area contributed by atoms with Gasteiger partial charge >= 0.3 is 18.5 Å². The largest absolute Gasteiger partial charge is 0.416 e. The summed E-state index contributed by atoms with van der Waals surface area (Å²) in [4.78, 5) is 12.3. The lowest BCUT2D eigenvalue weighted by atomic mass is 10.0. The van der Waals surface area contributed by atoms with E-state index in [0.717, 1.165) is 12.1 Å². The molecule has 0 N–H and O–H groups in total. The van der Waals surface area contributed by atoms with Crippen LogP contribution in [0.15, 0.2) is 65.7 Å². The number of aromatic nitrogens is 4. The molecule has 1 aliphatic heterocycles. The summed E-state index contributed by atoms with van der Waals surface area (Å²) in [6.45, 7) is 1.66. The first-order chi connectivity index (χ1) is 21.4. The van der Waals surface area contributed by atoms with E-state index < -0.39 is 47.8 Å². The van der Waals surface area contributed by atoms with E-state index in [1.807, 2.05) is 11.8 Å². The molecule has 2 unspecified atom stereocenters. The molecular formula is C30H26BrF9N6. The Labute approximate surface area is 266 Å². The maximum absolute atomic E-state index is 13.7. The van der Waals surface area contributed by atoms with Crippen molar-refractivity contribution in [3.63, 3.8) is 0 Å². The minimum absolute atomic E-state index is 0.0619. The highest BCUT2D eigenvalue weighted by molar-refractivity contribution is 9.10. The molecule has 1 fully saturated rings. The van der Waals surface area contributed by atoms with E-state index in [1.54, 1.807) is 29.0 Å². The van der Waals surface area contributed by atoms with E-state index in [4.69, 9.17) is 0 Å². The first kappa shape index (κ1) is 33.5. The lowest BCUT2D eigenvalue weighted by Crippen LogP contribution is -2.38. The van der Waals surface area contributed by atoms with Crippen molar-refractivity contribution in [1.82, 2.24) is 19.7 Å². The standard InChI is InChI=1S/C30H26BrF9N6/c1-3-23-10-24(16-45(23)26-5-4-20(9-25(26)31)28(32,33)34)46(27-41-11-18(12-42-27)19-13-43-44(2)15-19)14-17-6-21(29(35,36)37)8-22(7-17)30(38,39)40/h4-9,11-13,15,23-24H,3,10,14,16H2,1-2H3. The summed E-state index contributed by atoms with van der Waals surface area (Å²) >= 11 is 3.25. The number of benzene rings is 2. The van der Waals surface area contributed by atoms with Crippen LogP contribution >= 0.6 is 15.9 Å². The number of alkyl halides is 9. The highest BCUT2D eigenvalue weighted by atomic mass is 79.9. The lowest BCUT2D eigenvalue weighted by Gasteiger charge is -2.30. The molecule has 46 heavy (non-hydrogen) atoms. The predicted octanol–water partition coefficient (Wildman–Crippen LogP) is 8.76. The third-order valence-corrected chi connectivity index (χ3v) is 8.46. The molecule has 246 valence electrons. The molecule has 2 aromatic heterocycles. The zero-order valence-electron chi connectivity index (χ0n) is 24.2. The van der Waals surface area contributed by atoms with Crippen molar-refractivity contribution in [1.29, 1.82) is 0 Å². The quantitative estimate of drug-likeness (QED) is 0.179. The summed E-state index contributed by atoms with van der Waals surface area (Å²) in [6, 6.07) is 3.91. The molecule has 0 aliphatic carbocycles. The van der Waals surface area contributed by atoms with E-state index in [2.05, 4.69) is 31.0 Å². The Balaban J connectivity index is 1.55. The second-order valence-corrected chi connectivity index (χ2v) is 11.8. The summed E-state index contributed by atoms with van der Waals surface area (Å²) < 4.78 is 124. The van der Waals surface area contributed by atoms with E-state index in [9.17, 15) is 39.5 Å². The van der Waals surface area contributed by atoms with Crippen LogP contribution in [0, 0.1) is 0 Å². The molecule has 16 heteroatoms. The lowest BCUT2D eigenvalue weighted by molar-refractivity contribution is -0.143. The van der Waals surface area contributed by atoms with Crippen molar-refractivity contribution < 1.29 is 39.5 Å². The Morgan fingerprint density at radius 1 is 0.826 bits per heavy atom. The summed E-state index contributed by atoms with van der Waals surface area (Å²) in [7, 11) is 1.72. The fourth-order valence-electron chi connectivity index (χ4n) is 5.58. The average molecular weight is 721 g/mol. The third kappa shape index (κ3) is 7.26. The number of anilines is 2. The first-order valence-electron chi connectivity index (χ1n) is 13.9. The Hall–Kier alpha value is -3.82.